The van der Waals surface area contributed by atoms with Gasteiger partial charge in [0.2, 0.25) is 0 Å². The average molecular weight is 408 g/mol. The second kappa shape index (κ2) is 9.30. The summed E-state index contributed by atoms with van der Waals surface area (Å²) in [6, 6.07) is 13.2. The summed E-state index contributed by atoms with van der Waals surface area (Å²) in [6.45, 7) is 3.90. The Morgan fingerprint density at radius 2 is 1.77 bits per heavy atom. The number of aryl methyl sites for hydroxylation is 2. The van der Waals surface area contributed by atoms with E-state index in [4.69, 9.17) is 9.47 Å². The van der Waals surface area contributed by atoms with E-state index >= 15 is 0 Å². The molecule has 30 heavy (non-hydrogen) atoms. The first kappa shape index (κ1) is 20.4. The van der Waals surface area contributed by atoms with Crippen molar-refractivity contribution in [3.63, 3.8) is 0 Å². The predicted octanol–water partition coefficient (Wildman–Crippen LogP) is 3.44. The smallest absolute Gasteiger partial charge is 0.265 e. The van der Waals surface area contributed by atoms with Crippen molar-refractivity contribution >= 4 is 17.5 Å². The van der Waals surface area contributed by atoms with Crippen LogP contribution in [0, 0.1) is 0 Å². The van der Waals surface area contributed by atoms with Crippen molar-refractivity contribution < 1.29 is 19.1 Å². The number of carbonyl (C=O) groups is 2. The van der Waals surface area contributed by atoms with Gasteiger partial charge in [0.1, 0.15) is 5.75 Å². The summed E-state index contributed by atoms with van der Waals surface area (Å²) in [5.41, 5.74) is 3.67. The Balaban J connectivity index is 1.43. The van der Waals surface area contributed by atoms with Gasteiger partial charge in [-0.1, -0.05) is 18.2 Å². The largest absolute Gasteiger partial charge is 0.481 e. The fourth-order valence-corrected chi connectivity index (χ4v) is 3.99. The maximum atomic E-state index is 12.9. The number of para-hydroxylation sites is 1. The third-order valence-corrected chi connectivity index (χ3v) is 5.72. The molecule has 0 radical (unpaired) electrons. The topological polar surface area (TPSA) is 67.9 Å². The molecular formula is C24H28N2O4. The summed E-state index contributed by atoms with van der Waals surface area (Å²) in [5.74, 6) is 0.323. The van der Waals surface area contributed by atoms with Gasteiger partial charge in [-0.15, -0.1) is 0 Å². The molecule has 1 aliphatic carbocycles. The summed E-state index contributed by atoms with van der Waals surface area (Å²) in [4.78, 5) is 27.4. The van der Waals surface area contributed by atoms with Gasteiger partial charge in [-0.3, -0.25) is 9.59 Å². The number of hydrogen-bond acceptors (Lipinski definition) is 4. The highest BCUT2D eigenvalue weighted by atomic mass is 16.5. The standard InChI is InChI=1S/C24H28N2O4/c1-17(30-20-11-10-18-6-2-3-7-19(18)16-20)23(27)25-22-9-5-4-8-21(22)24(28)26-12-14-29-15-13-26/h4-5,8-11,16-17H,2-3,6-7,12-15H2,1H3,(H,25,27). The molecule has 1 N–H and O–H groups in total. The van der Waals surface area contributed by atoms with E-state index in [0.717, 1.165) is 12.8 Å². The van der Waals surface area contributed by atoms with Crippen LogP contribution in [0.4, 0.5) is 5.69 Å². The van der Waals surface area contributed by atoms with Crippen LogP contribution in [0.2, 0.25) is 0 Å². The third kappa shape index (κ3) is 4.65. The number of benzene rings is 2. The van der Waals surface area contributed by atoms with Crippen LogP contribution in [-0.4, -0.2) is 49.1 Å². The number of ether oxygens (including phenoxy) is 2. The maximum Gasteiger partial charge on any atom is 0.265 e. The number of fused-ring (bicyclic) bond motifs is 1. The number of hydrogen-bond donors (Lipinski definition) is 1. The number of anilines is 1. The highest BCUT2D eigenvalue weighted by molar-refractivity contribution is 6.04. The molecule has 1 saturated heterocycles. The van der Waals surface area contributed by atoms with Gasteiger partial charge in [0.05, 0.1) is 24.5 Å². The summed E-state index contributed by atoms with van der Waals surface area (Å²) in [5, 5.41) is 2.87. The molecule has 4 rings (SSSR count). The van der Waals surface area contributed by atoms with Crippen molar-refractivity contribution in [2.24, 2.45) is 0 Å². The number of carbonyl (C=O) groups excluding carboxylic acids is 2. The molecule has 0 saturated carbocycles. The Hall–Kier alpha value is -2.86. The number of morpholine rings is 1. The zero-order chi connectivity index (χ0) is 20.9. The fourth-order valence-electron chi connectivity index (χ4n) is 3.99. The first-order valence-electron chi connectivity index (χ1n) is 10.7. The molecule has 2 aromatic rings. The van der Waals surface area contributed by atoms with E-state index in [1.807, 2.05) is 12.1 Å². The minimum absolute atomic E-state index is 0.0996. The average Bonchev–Trinajstić information content (AvgIpc) is 2.79. The van der Waals surface area contributed by atoms with Crippen LogP contribution in [0.3, 0.4) is 0 Å². The molecular weight excluding hydrogens is 380 g/mol. The van der Waals surface area contributed by atoms with Crippen molar-refractivity contribution in [3.05, 3.63) is 59.2 Å². The van der Waals surface area contributed by atoms with Crippen molar-refractivity contribution in [2.45, 2.75) is 38.7 Å². The molecule has 1 aliphatic heterocycles. The molecule has 0 spiro atoms. The first-order valence-corrected chi connectivity index (χ1v) is 10.7. The molecule has 0 bridgehead atoms. The van der Waals surface area contributed by atoms with Crippen LogP contribution in [0.1, 0.15) is 41.3 Å². The van der Waals surface area contributed by atoms with Gasteiger partial charge in [-0.2, -0.15) is 0 Å². The van der Waals surface area contributed by atoms with Crippen LogP contribution >= 0.6 is 0 Å². The van der Waals surface area contributed by atoms with Crippen molar-refractivity contribution in [2.75, 3.05) is 31.6 Å². The lowest BCUT2D eigenvalue weighted by atomic mass is 9.92. The van der Waals surface area contributed by atoms with Gasteiger partial charge >= 0.3 is 0 Å². The number of rotatable bonds is 5. The molecule has 1 fully saturated rings. The van der Waals surface area contributed by atoms with Gasteiger partial charge in [0, 0.05) is 13.1 Å². The molecule has 1 unspecified atom stereocenters. The van der Waals surface area contributed by atoms with E-state index in [2.05, 4.69) is 11.4 Å². The van der Waals surface area contributed by atoms with Crippen molar-refractivity contribution in [1.82, 2.24) is 4.90 Å². The van der Waals surface area contributed by atoms with Gasteiger partial charge in [-0.05, 0) is 68.0 Å². The number of amides is 2. The Bertz CT molecular complexity index is 921. The summed E-state index contributed by atoms with van der Waals surface area (Å²) < 4.78 is 11.2. The van der Waals surface area contributed by atoms with Crippen LogP contribution in [0.25, 0.3) is 0 Å². The molecule has 1 atom stereocenters. The van der Waals surface area contributed by atoms with Crippen LogP contribution in [0.15, 0.2) is 42.5 Å². The summed E-state index contributed by atoms with van der Waals surface area (Å²) >= 11 is 0. The summed E-state index contributed by atoms with van der Waals surface area (Å²) in [6.07, 6.45) is 3.91. The second-order valence-corrected chi connectivity index (χ2v) is 7.84. The van der Waals surface area contributed by atoms with Gasteiger partial charge in [-0.25, -0.2) is 0 Å². The molecule has 6 heteroatoms. The Labute approximate surface area is 177 Å². The molecule has 2 amide bonds. The normalized spacial score (nSPS) is 17.0. The molecule has 1 heterocycles. The molecule has 2 aliphatic rings. The SMILES string of the molecule is CC(Oc1ccc2c(c1)CCCC2)C(=O)Nc1ccccc1C(=O)N1CCOCC1. The van der Waals surface area contributed by atoms with E-state index in [1.165, 1.54) is 24.0 Å². The lowest BCUT2D eigenvalue weighted by molar-refractivity contribution is -0.122. The van der Waals surface area contributed by atoms with E-state index in [0.29, 0.717) is 43.3 Å². The lowest BCUT2D eigenvalue weighted by Gasteiger charge is -2.27. The zero-order valence-electron chi connectivity index (χ0n) is 17.4. The van der Waals surface area contributed by atoms with Crippen molar-refractivity contribution in [1.29, 1.82) is 0 Å². The van der Waals surface area contributed by atoms with Crippen LogP contribution in [-0.2, 0) is 22.4 Å². The van der Waals surface area contributed by atoms with Crippen molar-refractivity contribution in [3.8, 4) is 5.75 Å². The van der Waals surface area contributed by atoms with Crippen LogP contribution in [0.5, 0.6) is 5.75 Å². The van der Waals surface area contributed by atoms with E-state index in [1.54, 1.807) is 36.1 Å². The minimum atomic E-state index is -0.682. The minimum Gasteiger partial charge on any atom is -0.481 e. The number of nitrogens with one attached hydrogen (secondary N) is 1. The monoisotopic (exact) mass is 408 g/mol. The third-order valence-electron chi connectivity index (χ3n) is 5.72. The Kier molecular flexibility index (Phi) is 6.33. The molecule has 2 aromatic carbocycles. The Morgan fingerprint density at radius 1 is 1.03 bits per heavy atom. The van der Waals surface area contributed by atoms with Gasteiger partial charge in [0.25, 0.3) is 11.8 Å². The molecule has 0 aromatic heterocycles. The maximum absolute atomic E-state index is 12.9. The fraction of sp³-hybridized carbons (Fsp3) is 0.417. The predicted molar refractivity (Wildman–Crippen MR) is 115 cm³/mol. The summed E-state index contributed by atoms with van der Waals surface area (Å²) in [7, 11) is 0. The van der Waals surface area contributed by atoms with E-state index in [9.17, 15) is 9.59 Å². The zero-order valence-corrected chi connectivity index (χ0v) is 17.4. The molecule has 6 nitrogen and oxygen atoms in total. The number of nitrogens with zero attached hydrogens (tertiary/aromatic N) is 1. The molecule has 158 valence electrons. The highest BCUT2D eigenvalue weighted by Gasteiger charge is 2.23. The van der Waals surface area contributed by atoms with Gasteiger partial charge in [0.15, 0.2) is 6.10 Å². The highest BCUT2D eigenvalue weighted by Crippen LogP contribution is 2.26. The van der Waals surface area contributed by atoms with E-state index in [-0.39, 0.29) is 11.8 Å². The van der Waals surface area contributed by atoms with Gasteiger partial charge < -0.3 is 19.7 Å². The van der Waals surface area contributed by atoms with Crippen LogP contribution < -0.4 is 10.1 Å². The van der Waals surface area contributed by atoms with E-state index < -0.39 is 6.10 Å². The quantitative estimate of drug-likeness (QED) is 0.823. The lowest BCUT2D eigenvalue weighted by Crippen LogP contribution is -2.41. The first-order chi connectivity index (χ1) is 14.6. The second-order valence-electron chi connectivity index (χ2n) is 7.84. The Morgan fingerprint density at radius 3 is 2.57 bits per heavy atom.